The molecule has 0 bridgehead atoms. The third-order valence-corrected chi connectivity index (χ3v) is 5.62. The lowest BCUT2D eigenvalue weighted by molar-refractivity contribution is -0.141. The summed E-state index contributed by atoms with van der Waals surface area (Å²) in [6, 6.07) is 9.42. The molecule has 0 aliphatic carbocycles. The van der Waals surface area contributed by atoms with Gasteiger partial charge in [0.2, 0.25) is 5.91 Å². The van der Waals surface area contributed by atoms with E-state index in [2.05, 4.69) is 4.98 Å². The highest BCUT2D eigenvalue weighted by atomic mass is 16.5. The monoisotopic (exact) mass is 368 g/mol. The van der Waals surface area contributed by atoms with Gasteiger partial charge in [-0.3, -0.25) is 9.78 Å². The average molecular weight is 368 g/mol. The lowest BCUT2D eigenvalue weighted by Crippen LogP contribution is -2.48. The highest BCUT2D eigenvalue weighted by Gasteiger charge is 2.38. The molecular weight excluding hydrogens is 344 g/mol. The predicted octanol–water partition coefficient (Wildman–Crippen LogP) is 2.15. The Morgan fingerprint density at radius 3 is 2.85 bits per heavy atom. The van der Waals surface area contributed by atoms with Crippen molar-refractivity contribution in [2.24, 2.45) is 5.92 Å². The molecule has 6 nitrogen and oxygen atoms in total. The number of rotatable bonds is 3. The number of piperidine rings is 1. The fourth-order valence-electron chi connectivity index (χ4n) is 3.94. The first-order valence-corrected chi connectivity index (χ1v) is 9.30. The zero-order valence-corrected chi connectivity index (χ0v) is 15.4. The molecule has 0 unspecified atom stereocenters. The first-order chi connectivity index (χ1) is 13.1. The molecule has 2 aliphatic heterocycles. The van der Waals surface area contributed by atoms with Crippen LogP contribution in [-0.4, -0.2) is 47.7 Å². The molecule has 1 N–H and O–H groups in total. The molecule has 2 aromatic rings. The van der Waals surface area contributed by atoms with Gasteiger partial charge in [-0.2, -0.15) is 0 Å². The van der Waals surface area contributed by atoms with E-state index in [1.165, 1.54) is 0 Å². The number of carbonyl (C=O) groups excluding carboxylic acids is 1. The molecule has 142 valence electrons. The van der Waals surface area contributed by atoms with E-state index in [4.69, 9.17) is 9.47 Å². The highest BCUT2D eigenvalue weighted by molar-refractivity contribution is 5.80. The smallest absolute Gasteiger partial charge is 0.229 e. The normalized spacial score (nSPS) is 21.1. The van der Waals surface area contributed by atoms with Crippen molar-refractivity contribution < 1.29 is 19.4 Å². The predicted molar refractivity (Wildman–Crippen MR) is 99.6 cm³/mol. The van der Waals surface area contributed by atoms with E-state index in [1.807, 2.05) is 35.2 Å². The van der Waals surface area contributed by atoms with Gasteiger partial charge in [0.1, 0.15) is 18.1 Å². The number of ether oxygens (including phenoxy) is 2. The summed E-state index contributed by atoms with van der Waals surface area (Å²) in [7, 11) is 1.63. The number of benzene rings is 1. The average Bonchev–Trinajstić information content (AvgIpc) is 2.73. The van der Waals surface area contributed by atoms with Gasteiger partial charge in [0.05, 0.1) is 18.6 Å². The van der Waals surface area contributed by atoms with E-state index in [0.717, 1.165) is 22.6 Å². The van der Waals surface area contributed by atoms with Crippen molar-refractivity contribution >= 4 is 5.91 Å². The van der Waals surface area contributed by atoms with Gasteiger partial charge in [0.25, 0.3) is 0 Å². The van der Waals surface area contributed by atoms with E-state index in [0.29, 0.717) is 39.0 Å². The van der Waals surface area contributed by atoms with Crippen LogP contribution in [0, 0.1) is 5.92 Å². The Bertz CT molecular complexity index is 816. The fraction of sp³-hybridized carbons (Fsp3) is 0.429. The van der Waals surface area contributed by atoms with E-state index in [1.54, 1.807) is 19.5 Å². The summed E-state index contributed by atoms with van der Waals surface area (Å²) in [5.74, 6) is 1.49. The Kier molecular flexibility index (Phi) is 4.74. The number of aliphatic hydroxyl groups is 1. The number of methoxy groups -OCH3 is 1. The fourth-order valence-corrected chi connectivity index (χ4v) is 3.94. The number of aromatic nitrogens is 1. The minimum absolute atomic E-state index is 0.0942. The lowest BCUT2D eigenvalue weighted by Gasteiger charge is -2.40. The minimum Gasteiger partial charge on any atom is -0.497 e. The first kappa shape index (κ1) is 17.8. The molecule has 3 heterocycles. The molecule has 0 radical (unpaired) electrons. The molecule has 1 atom stereocenters. The number of amides is 1. The van der Waals surface area contributed by atoms with E-state index < -0.39 is 5.60 Å². The third kappa shape index (κ3) is 3.49. The highest BCUT2D eigenvalue weighted by Crippen LogP contribution is 2.35. The van der Waals surface area contributed by atoms with Crippen LogP contribution in [0.25, 0.3) is 0 Å². The molecule has 1 saturated heterocycles. The van der Waals surface area contributed by atoms with Gasteiger partial charge in [0.15, 0.2) is 0 Å². The van der Waals surface area contributed by atoms with Crippen molar-refractivity contribution in [3.05, 3.63) is 53.9 Å². The quantitative estimate of drug-likeness (QED) is 0.899. The molecule has 1 aromatic heterocycles. The summed E-state index contributed by atoms with van der Waals surface area (Å²) in [6.07, 6.45) is 5.08. The van der Waals surface area contributed by atoms with Crippen LogP contribution in [0.2, 0.25) is 0 Å². The van der Waals surface area contributed by atoms with Gasteiger partial charge in [0, 0.05) is 31.0 Å². The Balaban J connectivity index is 1.41. The number of hydrogen-bond donors (Lipinski definition) is 1. The summed E-state index contributed by atoms with van der Waals surface area (Å²) in [4.78, 5) is 18.9. The van der Waals surface area contributed by atoms with Crippen LogP contribution >= 0.6 is 0 Å². The van der Waals surface area contributed by atoms with Crippen molar-refractivity contribution in [3.8, 4) is 11.5 Å². The number of fused-ring (bicyclic) bond motifs is 1. The van der Waals surface area contributed by atoms with Crippen molar-refractivity contribution in [2.45, 2.75) is 24.9 Å². The number of nitrogens with zero attached hydrogens (tertiary/aromatic N) is 2. The van der Waals surface area contributed by atoms with Crippen molar-refractivity contribution in [2.75, 3.05) is 26.8 Å². The molecule has 0 spiro atoms. The zero-order valence-electron chi connectivity index (χ0n) is 15.4. The maximum Gasteiger partial charge on any atom is 0.229 e. The van der Waals surface area contributed by atoms with Gasteiger partial charge >= 0.3 is 0 Å². The molecule has 1 amide bonds. The minimum atomic E-state index is -0.909. The third-order valence-electron chi connectivity index (χ3n) is 5.62. The SMILES string of the molecule is COc1ccc2c(c1)C[C@H](C(=O)N1CCC(O)(c3cccnc3)CC1)CO2. The van der Waals surface area contributed by atoms with Gasteiger partial charge < -0.3 is 19.5 Å². The zero-order chi connectivity index (χ0) is 18.9. The van der Waals surface area contributed by atoms with Crippen LogP contribution < -0.4 is 9.47 Å². The second-order valence-corrected chi connectivity index (χ2v) is 7.28. The number of likely N-dealkylation sites (tertiary alicyclic amines) is 1. The number of pyridine rings is 1. The molecule has 6 heteroatoms. The Labute approximate surface area is 158 Å². The molecule has 1 fully saturated rings. The molecule has 1 aromatic carbocycles. The van der Waals surface area contributed by atoms with E-state index >= 15 is 0 Å². The maximum atomic E-state index is 13.0. The number of carbonyl (C=O) groups is 1. The van der Waals surface area contributed by atoms with Crippen LogP contribution in [-0.2, 0) is 16.8 Å². The standard InChI is InChI=1S/C21H24N2O4/c1-26-18-4-5-19-15(12-18)11-16(14-27-19)20(24)23-9-6-21(25,7-10-23)17-3-2-8-22-13-17/h2-5,8,12-13,16,25H,6-7,9-11,14H2,1H3/t16-/m0/s1. The van der Waals surface area contributed by atoms with Crippen molar-refractivity contribution in [1.82, 2.24) is 9.88 Å². The molecule has 27 heavy (non-hydrogen) atoms. The summed E-state index contributed by atoms with van der Waals surface area (Å²) in [5, 5.41) is 10.9. The summed E-state index contributed by atoms with van der Waals surface area (Å²) in [6.45, 7) is 1.46. The van der Waals surface area contributed by atoms with Gasteiger partial charge in [-0.25, -0.2) is 0 Å². The topological polar surface area (TPSA) is 71.9 Å². The largest absolute Gasteiger partial charge is 0.497 e. The molecule has 0 saturated carbocycles. The second kappa shape index (κ2) is 7.19. The van der Waals surface area contributed by atoms with Crippen LogP contribution in [0.15, 0.2) is 42.7 Å². The summed E-state index contributed by atoms with van der Waals surface area (Å²) >= 11 is 0. The lowest BCUT2D eigenvalue weighted by atomic mass is 9.84. The molecule has 2 aliphatic rings. The Morgan fingerprint density at radius 2 is 2.15 bits per heavy atom. The van der Waals surface area contributed by atoms with Gasteiger partial charge in [-0.1, -0.05) is 6.07 Å². The van der Waals surface area contributed by atoms with E-state index in [9.17, 15) is 9.90 Å². The summed E-state index contributed by atoms with van der Waals surface area (Å²) < 4.78 is 11.1. The Morgan fingerprint density at radius 1 is 1.33 bits per heavy atom. The van der Waals surface area contributed by atoms with Crippen molar-refractivity contribution in [1.29, 1.82) is 0 Å². The number of hydrogen-bond acceptors (Lipinski definition) is 5. The molecule has 4 rings (SSSR count). The second-order valence-electron chi connectivity index (χ2n) is 7.28. The van der Waals surface area contributed by atoms with Crippen LogP contribution in [0.3, 0.4) is 0 Å². The van der Waals surface area contributed by atoms with Crippen LogP contribution in [0.4, 0.5) is 0 Å². The van der Waals surface area contributed by atoms with Gasteiger partial charge in [-0.15, -0.1) is 0 Å². The molecular formula is C21H24N2O4. The Hall–Kier alpha value is -2.60. The van der Waals surface area contributed by atoms with Gasteiger partial charge in [-0.05, 0) is 49.1 Å². The van der Waals surface area contributed by atoms with E-state index in [-0.39, 0.29) is 11.8 Å². The maximum absolute atomic E-state index is 13.0. The summed E-state index contributed by atoms with van der Waals surface area (Å²) in [5.41, 5.74) is 0.913. The van der Waals surface area contributed by atoms with Crippen LogP contribution in [0.5, 0.6) is 11.5 Å². The first-order valence-electron chi connectivity index (χ1n) is 9.30. The van der Waals surface area contributed by atoms with Crippen molar-refractivity contribution in [3.63, 3.8) is 0 Å². The van der Waals surface area contributed by atoms with Crippen LogP contribution in [0.1, 0.15) is 24.0 Å².